The highest BCUT2D eigenvalue weighted by atomic mass is 16.2. The minimum absolute atomic E-state index is 0.0147. The second-order valence-electron chi connectivity index (χ2n) is 4.83. The molecule has 0 radical (unpaired) electrons. The zero-order valence-corrected chi connectivity index (χ0v) is 11.0. The number of likely N-dealkylation sites (tertiary alicyclic amines) is 1. The first-order chi connectivity index (χ1) is 9.16. The van der Waals surface area contributed by atoms with Crippen LogP contribution < -0.4 is 10.6 Å². The molecule has 0 saturated carbocycles. The quantitative estimate of drug-likeness (QED) is 0.627. The van der Waals surface area contributed by atoms with Crippen LogP contribution in [0.1, 0.15) is 12.8 Å². The highest BCUT2D eigenvalue weighted by Crippen LogP contribution is 2.08. The molecule has 0 spiro atoms. The normalized spacial score (nSPS) is 19.7. The summed E-state index contributed by atoms with van der Waals surface area (Å²) in [5.41, 5.74) is 0. The van der Waals surface area contributed by atoms with Crippen LogP contribution in [-0.2, 0) is 14.4 Å². The van der Waals surface area contributed by atoms with E-state index in [0.29, 0.717) is 26.1 Å². The first kappa shape index (κ1) is 13.8. The van der Waals surface area contributed by atoms with Crippen LogP contribution in [0, 0.1) is 0 Å². The van der Waals surface area contributed by atoms with Gasteiger partial charge in [0.25, 0.3) is 0 Å². The van der Waals surface area contributed by atoms with Crippen LogP contribution in [0.25, 0.3) is 0 Å². The summed E-state index contributed by atoms with van der Waals surface area (Å²) in [4.78, 5) is 38.1. The lowest BCUT2D eigenvalue weighted by Crippen LogP contribution is -2.50. The molecule has 0 aromatic heterocycles. The lowest BCUT2D eigenvalue weighted by molar-refractivity contribution is -0.135. The van der Waals surface area contributed by atoms with Gasteiger partial charge in [-0.05, 0) is 6.42 Å². The monoisotopic (exact) mass is 268 g/mol. The van der Waals surface area contributed by atoms with E-state index >= 15 is 0 Å². The van der Waals surface area contributed by atoms with Crippen molar-refractivity contribution < 1.29 is 14.4 Å². The smallest absolute Gasteiger partial charge is 0.242 e. The summed E-state index contributed by atoms with van der Waals surface area (Å²) in [5, 5.41) is 5.74. The third kappa shape index (κ3) is 3.92. The van der Waals surface area contributed by atoms with E-state index in [1.807, 2.05) is 0 Å². The fourth-order valence-electron chi connectivity index (χ4n) is 2.30. The van der Waals surface area contributed by atoms with E-state index in [1.165, 1.54) is 4.90 Å². The predicted octanol–water partition coefficient (Wildman–Crippen LogP) is -1.84. The molecule has 0 aromatic rings. The van der Waals surface area contributed by atoms with E-state index in [2.05, 4.69) is 10.6 Å². The molecule has 7 heteroatoms. The number of amides is 3. The Morgan fingerprint density at radius 2 is 1.95 bits per heavy atom. The number of nitrogens with one attached hydrogen (secondary N) is 2. The van der Waals surface area contributed by atoms with Crippen molar-refractivity contribution in [1.29, 1.82) is 0 Å². The molecule has 0 aliphatic carbocycles. The average Bonchev–Trinajstić information content (AvgIpc) is 2.82. The Morgan fingerprint density at radius 1 is 1.21 bits per heavy atom. The maximum atomic E-state index is 11.8. The number of carbonyl (C=O) groups excluding carboxylic acids is 3. The molecule has 0 atom stereocenters. The van der Waals surface area contributed by atoms with E-state index < -0.39 is 0 Å². The largest absolute Gasteiger partial charge is 0.345 e. The van der Waals surface area contributed by atoms with Crippen LogP contribution in [0.2, 0.25) is 0 Å². The lowest BCUT2D eigenvalue weighted by atomic mass is 10.3. The van der Waals surface area contributed by atoms with Crippen LogP contribution in [0.15, 0.2) is 0 Å². The first-order valence-electron chi connectivity index (χ1n) is 6.70. The molecule has 19 heavy (non-hydrogen) atoms. The topological polar surface area (TPSA) is 81.8 Å². The van der Waals surface area contributed by atoms with Crippen LogP contribution in [0.5, 0.6) is 0 Å². The number of carbonyl (C=O) groups is 3. The molecular formula is C12H20N4O3. The van der Waals surface area contributed by atoms with E-state index in [0.717, 1.165) is 19.5 Å². The molecule has 2 heterocycles. The summed E-state index contributed by atoms with van der Waals surface area (Å²) < 4.78 is 0. The van der Waals surface area contributed by atoms with Gasteiger partial charge in [0, 0.05) is 39.1 Å². The van der Waals surface area contributed by atoms with E-state index in [-0.39, 0.29) is 30.8 Å². The van der Waals surface area contributed by atoms with Crippen LogP contribution >= 0.6 is 0 Å². The van der Waals surface area contributed by atoms with Gasteiger partial charge in [0.15, 0.2) is 0 Å². The van der Waals surface area contributed by atoms with E-state index in [1.54, 1.807) is 4.90 Å². The Balaban J connectivity index is 1.67. The molecule has 2 saturated heterocycles. The number of nitrogens with zero attached hydrogens (tertiary/aromatic N) is 2. The van der Waals surface area contributed by atoms with Crippen LogP contribution in [0.3, 0.4) is 0 Å². The van der Waals surface area contributed by atoms with Gasteiger partial charge in [0.2, 0.25) is 17.7 Å². The van der Waals surface area contributed by atoms with Crippen molar-refractivity contribution in [2.45, 2.75) is 12.8 Å². The van der Waals surface area contributed by atoms with Gasteiger partial charge >= 0.3 is 0 Å². The molecule has 0 bridgehead atoms. The van der Waals surface area contributed by atoms with Crippen molar-refractivity contribution >= 4 is 17.7 Å². The molecule has 2 rings (SSSR count). The van der Waals surface area contributed by atoms with Crippen molar-refractivity contribution in [3.63, 3.8) is 0 Å². The molecule has 2 N–H and O–H groups in total. The first-order valence-corrected chi connectivity index (χ1v) is 6.70. The summed E-state index contributed by atoms with van der Waals surface area (Å²) >= 11 is 0. The number of hydrogen-bond acceptors (Lipinski definition) is 4. The maximum Gasteiger partial charge on any atom is 0.242 e. The summed E-state index contributed by atoms with van der Waals surface area (Å²) in [6.07, 6.45) is 1.33. The standard InChI is InChI=1S/C12H20N4O3/c17-10(9-16-5-1-2-11(16)18)14-8-12(19)15-6-3-13-4-7-15/h13H,1-9H2,(H,14,17). The molecule has 7 nitrogen and oxygen atoms in total. The van der Waals surface area contributed by atoms with Gasteiger partial charge in [-0.3, -0.25) is 14.4 Å². The van der Waals surface area contributed by atoms with Crippen LogP contribution in [-0.4, -0.2) is 73.3 Å². The predicted molar refractivity (Wildman–Crippen MR) is 68.3 cm³/mol. The summed E-state index contributed by atoms with van der Waals surface area (Å²) in [5.74, 6) is -0.315. The van der Waals surface area contributed by atoms with Gasteiger partial charge in [-0.25, -0.2) is 0 Å². The highest BCUT2D eigenvalue weighted by molar-refractivity contribution is 5.88. The summed E-state index contributed by atoms with van der Waals surface area (Å²) in [7, 11) is 0. The Labute approximate surface area is 112 Å². The zero-order valence-electron chi connectivity index (χ0n) is 11.0. The number of rotatable bonds is 4. The van der Waals surface area contributed by atoms with Crippen molar-refractivity contribution in [3.8, 4) is 0 Å². The Hall–Kier alpha value is -1.63. The molecule has 2 aliphatic rings. The summed E-state index contributed by atoms with van der Waals surface area (Å²) in [6, 6.07) is 0. The minimum atomic E-state index is -0.265. The highest BCUT2D eigenvalue weighted by Gasteiger charge is 2.23. The Morgan fingerprint density at radius 3 is 2.58 bits per heavy atom. The molecular weight excluding hydrogens is 248 g/mol. The second-order valence-corrected chi connectivity index (χ2v) is 4.83. The van der Waals surface area contributed by atoms with Crippen molar-refractivity contribution in [3.05, 3.63) is 0 Å². The Kier molecular flexibility index (Phi) is 4.73. The number of hydrogen-bond donors (Lipinski definition) is 2. The lowest BCUT2D eigenvalue weighted by Gasteiger charge is -2.27. The number of piperazine rings is 1. The van der Waals surface area contributed by atoms with Gasteiger partial charge in [-0.1, -0.05) is 0 Å². The molecule has 0 aromatic carbocycles. The molecule has 0 unspecified atom stereocenters. The SMILES string of the molecule is O=C(CN1CCCC1=O)NCC(=O)N1CCNCC1. The fourth-order valence-corrected chi connectivity index (χ4v) is 2.30. The maximum absolute atomic E-state index is 11.8. The van der Waals surface area contributed by atoms with Gasteiger partial charge in [-0.2, -0.15) is 0 Å². The molecule has 2 aliphatic heterocycles. The van der Waals surface area contributed by atoms with Crippen LogP contribution in [0.4, 0.5) is 0 Å². The molecule has 106 valence electrons. The molecule has 2 fully saturated rings. The van der Waals surface area contributed by atoms with Gasteiger partial charge < -0.3 is 20.4 Å². The third-order valence-electron chi connectivity index (χ3n) is 3.41. The zero-order chi connectivity index (χ0) is 13.7. The van der Waals surface area contributed by atoms with E-state index in [9.17, 15) is 14.4 Å². The molecule has 3 amide bonds. The fraction of sp³-hybridized carbons (Fsp3) is 0.750. The van der Waals surface area contributed by atoms with Gasteiger partial charge in [-0.15, -0.1) is 0 Å². The Bertz CT molecular complexity index is 366. The van der Waals surface area contributed by atoms with Gasteiger partial charge in [0.05, 0.1) is 13.1 Å². The second kappa shape index (κ2) is 6.51. The van der Waals surface area contributed by atoms with E-state index in [4.69, 9.17) is 0 Å². The van der Waals surface area contributed by atoms with Crippen molar-refractivity contribution in [2.75, 3.05) is 45.8 Å². The van der Waals surface area contributed by atoms with Crippen molar-refractivity contribution in [2.24, 2.45) is 0 Å². The van der Waals surface area contributed by atoms with Crippen molar-refractivity contribution in [1.82, 2.24) is 20.4 Å². The van der Waals surface area contributed by atoms with Gasteiger partial charge in [0.1, 0.15) is 0 Å². The third-order valence-corrected chi connectivity index (χ3v) is 3.41. The minimum Gasteiger partial charge on any atom is -0.345 e. The summed E-state index contributed by atoms with van der Waals surface area (Å²) in [6.45, 7) is 3.66. The average molecular weight is 268 g/mol.